The number of hydrogen-bond acceptors (Lipinski definition) is 3. The normalized spacial score (nSPS) is 19.5. The fourth-order valence-corrected chi connectivity index (χ4v) is 2.24. The summed E-state index contributed by atoms with van der Waals surface area (Å²) in [6, 6.07) is 5.90. The minimum absolute atomic E-state index is 0.0124. The van der Waals surface area contributed by atoms with E-state index in [1.807, 2.05) is 66.7 Å². The summed E-state index contributed by atoms with van der Waals surface area (Å²) in [6.07, 6.45) is 0. The maximum absolute atomic E-state index is 12.0. The predicted octanol–water partition coefficient (Wildman–Crippen LogP) is 2.89. The molecule has 1 aromatic carbocycles. The molecular formula is C17H26BNO3. The Labute approximate surface area is 133 Å². The van der Waals surface area contributed by atoms with Crippen LogP contribution < -0.4 is 10.8 Å². The van der Waals surface area contributed by atoms with Crippen LogP contribution in [0.3, 0.4) is 0 Å². The van der Waals surface area contributed by atoms with Crippen molar-refractivity contribution in [3.05, 3.63) is 23.8 Å². The molecule has 1 heterocycles. The molecule has 0 bridgehead atoms. The van der Waals surface area contributed by atoms with Gasteiger partial charge in [-0.25, -0.2) is 0 Å². The first-order valence-corrected chi connectivity index (χ1v) is 7.80. The first-order valence-electron chi connectivity index (χ1n) is 7.80. The molecule has 5 heteroatoms. The van der Waals surface area contributed by atoms with Crippen molar-refractivity contribution in [2.45, 2.75) is 59.7 Å². The van der Waals surface area contributed by atoms with Crippen LogP contribution in [-0.4, -0.2) is 24.2 Å². The molecule has 0 aliphatic carbocycles. The highest BCUT2D eigenvalue weighted by molar-refractivity contribution is 6.64. The van der Waals surface area contributed by atoms with Crippen molar-refractivity contribution >= 4 is 24.2 Å². The summed E-state index contributed by atoms with van der Waals surface area (Å²) in [4.78, 5) is 12.0. The summed E-state index contributed by atoms with van der Waals surface area (Å²) in [5, 5.41) is 2.97. The van der Waals surface area contributed by atoms with E-state index in [0.717, 1.165) is 16.7 Å². The Balaban J connectivity index is 2.35. The molecule has 0 atom stereocenters. The largest absolute Gasteiger partial charge is 0.496 e. The molecule has 22 heavy (non-hydrogen) atoms. The van der Waals surface area contributed by atoms with E-state index in [2.05, 4.69) is 5.32 Å². The Hall–Kier alpha value is -1.33. The molecule has 0 unspecified atom stereocenters. The summed E-state index contributed by atoms with van der Waals surface area (Å²) in [5.74, 6) is -0.0888. The molecule has 0 radical (unpaired) electrons. The maximum atomic E-state index is 12.0. The number of hydrogen-bond donors (Lipinski definition) is 1. The lowest BCUT2D eigenvalue weighted by atomic mass is 9.77. The van der Waals surface area contributed by atoms with Crippen LogP contribution in [0.5, 0.6) is 0 Å². The number of aryl methyl sites for hydroxylation is 1. The van der Waals surface area contributed by atoms with Crippen molar-refractivity contribution in [2.24, 2.45) is 5.92 Å². The molecule has 1 aliphatic heterocycles. The van der Waals surface area contributed by atoms with E-state index >= 15 is 0 Å². The van der Waals surface area contributed by atoms with Gasteiger partial charge in [-0.3, -0.25) is 4.79 Å². The number of carbonyl (C=O) groups excluding carboxylic acids is 1. The number of amides is 1. The predicted molar refractivity (Wildman–Crippen MR) is 90.4 cm³/mol. The third kappa shape index (κ3) is 3.20. The summed E-state index contributed by atoms with van der Waals surface area (Å²) in [6.45, 7) is 13.9. The second-order valence-electron chi connectivity index (χ2n) is 7.32. The molecule has 1 saturated heterocycles. The molecule has 0 saturated carbocycles. The lowest BCUT2D eigenvalue weighted by Gasteiger charge is -2.32. The molecule has 1 fully saturated rings. The zero-order chi connectivity index (χ0) is 16.7. The Morgan fingerprint density at radius 3 is 2.18 bits per heavy atom. The molecule has 120 valence electrons. The second kappa shape index (κ2) is 5.71. The van der Waals surface area contributed by atoms with Crippen LogP contribution in [0, 0.1) is 12.8 Å². The van der Waals surface area contributed by atoms with Crippen molar-refractivity contribution in [1.29, 1.82) is 0 Å². The quantitative estimate of drug-likeness (QED) is 0.873. The van der Waals surface area contributed by atoms with Gasteiger partial charge in [-0.2, -0.15) is 0 Å². The molecule has 1 amide bonds. The third-order valence-corrected chi connectivity index (χ3v) is 4.50. The Bertz CT molecular complexity index is 565. The van der Waals surface area contributed by atoms with Crippen molar-refractivity contribution in [3.63, 3.8) is 0 Å². The molecule has 1 N–H and O–H groups in total. The minimum atomic E-state index is -0.479. The number of rotatable bonds is 3. The molecule has 2 rings (SSSR count). The van der Waals surface area contributed by atoms with Gasteiger partial charge in [0.05, 0.1) is 11.2 Å². The van der Waals surface area contributed by atoms with Crippen LogP contribution in [0.2, 0.25) is 0 Å². The van der Waals surface area contributed by atoms with Crippen molar-refractivity contribution in [1.82, 2.24) is 0 Å². The highest BCUT2D eigenvalue weighted by Crippen LogP contribution is 2.37. The summed E-state index contributed by atoms with van der Waals surface area (Å²) < 4.78 is 12.2. The molecule has 4 nitrogen and oxygen atoms in total. The van der Waals surface area contributed by atoms with Crippen LogP contribution in [0.4, 0.5) is 5.69 Å². The van der Waals surface area contributed by atoms with Gasteiger partial charge in [-0.1, -0.05) is 31.5 Å². The molecule has 1 aromatic rings. The van der Waals surface area contributed by atoms with Crippen LogP contribution >= 0.6 is 0 Å². The first kappa shape index (κ1) is 17.0. The van der Waals surface area contributed by atoms with Crippen molar-refractivity contribution in [2.75, 3.05) is 5.32 Å². The average molecular weight is 303 g/mol. The van der Waals surface area contributed by atoms with Gasteiger partial charge >= 0.3 is 7.12 Å². The summed E-state index contributed by atoms with van der Waals surface area (Å²) in [5.41, 5.74) is 1.92. The van der Waals surface area contributed by atoms with Crippen LogP contribution in [-0.2, 0) is 14.1 Å². The zero-order valence-corrected chi connectivity index (χ0v) is 14.6. The standard InChI is InChI=1S/C17H26BNO3/c1-11(2)15(20)19-14-9-8-12(3)10-13(14)18-21-16(4,5)17(6,7)22-18/h8-11H,1-7H3,(H,19,20). The van der Waals surface area contributed by atoms with E-state index in [-0.39, 0.29) is 11.8 Å². The average Bonchev–Trinajstić information content (AvgIpc) is 2.60. The number of carbonyl (C=O) groups is 1. The SMILES string of the molecule is Cc1ccc(NC(=O)C(C)C)c(B2OC(C)(C)C(C)(C)O2)c1. The summed E-state index contributed by atoms with van der Waals surface area (Å²) >= 11 is 0. The van der Waals surface area contributed by atoms with Crippen molar-refractivity contribution in [3.8, 4) is 0 Å². The van der Waals surface area contributed by atoms with E-state index in [0.29, 0.717) is 0 Å². The zero-order valence-electron chi connectivity index (χ0n) is 14.6. The fourth-order valence-electron chi connectivity index (χ4n) is 2.24. The highest BCUT2D eigenvalue weighted by Gasteiger charge is 2.52. The van der Waals surface area contributed by atoms with Crippen molar-refractivity contribution < 1.29 is 14.1 Å². The van der Waals surface area contributed by atoms with Gasteiger partial charge < -0.3 is 14.6 Å². The van der Waals surface area contributed by atoms with Crippen LogP contribution in [0.15, 0.2) is 18.2 Å². The molecular weight excluding hydrogens is 277 g/mol. The minimum Gasteiger partial charge on any atom is -0.399 e. The van der Waals surface area contributed by atoms with Gasteiger partial charge in [0.15, 0.2) is 0 Å². The Morgan fingerprint density at radius 1 is 1.14 bits per heavy atom. The smallest absolute Gasteiger partial charge is 0.399 e. The van der Waals surface area contributed by atoms with Gasteiger partial charge in [0.2, 0.25) is 5.91 Å². The van der Waals surface area contributed by atoms with Gasteiger partial charge in [-0.05, 0) is 40.7 Å². The lowest BCUT2D eigenvalue weighted by molar-refractivity contribution is -0.118. The van der Waals surface area contributed by atoms with E-state index in [4.69, 9.17) is 9.31 Å². The summed E-state index contributed by atoms with van der Waals surface area (Å²) in [7, 11) is -0.479. The van der Waals surface area contributed by atoms with E-state index in [1.165, 1.54) is 0 Å². The van der Waals surface area contributed by atoms with Gasteiger partial charge in [0, 0.05) is 17.1 Å². The van der Waals surface area contributed by atoms with Gasteiger partial charge in [0.1, 0.15) is 0 Å². The third-order valence-electron chi connectivity index (χ3n) is 4.50. The van der Waals surface area contributed by atoms with E-state index in [1.54, 1.807) is 0 Å². The number of benzene rings is 1. The number of nitrogens with one attached hydrogen (secondary N) is 1. The van der Waals surface area contributed by atoms with Crippen LogP contribution in [0.1, 0.15) is 47.1 Å². The molecule has 0 aromatic heterocycles. The second-order valence-corrected chi connectivity index (χ2v) is 7.32. The lowest BCUT2D eigenvalue weighted by Crippen LogP contribution is -2.41. The molecule has 0 spiro atoms. The maximum Gasteiger partial charge on any atom is 0.496 e. The highest BCUT2D eigenvalue weighted by atomic mass is 16.7. The number of anilines is 1. The van der Waals surface area contributed by atoms with Crippen LogP contribution in [0.25, 0.3) is 0 Å². The molecule has 1 aliphatic rings. The Morgan fingerprint density at radius 2 is 1.68 bits per heavy atom. The van der Waals surface area contributed by atoms with Gasteiger partial charge in [0.25, 0.3) is 0 Å². The van der Waals surface area contributed by atoms with Gasteiger partial charge in [-0.15, -0.1) is 0 Å². The van der Waals surface area contributed by atoms with E-state index in [9.17, 15) is 4.79 Å². The topological polar surface area (TPSA) is 47.6 Å². The van der Waals surface area contributed by atoms with E-state index < -0.39 is 18.3 Å². The monoisotopic (exact) mass is 303 g/mol. The fraction of sp³-hybridized carbons (Fsp3) is 0.588. The first-order chi connectivity index (χ1) is 10.0. The Kier molecular flexibility index (Phi) is 4.42.